The number of esters is 1. The van der Waals surface area contributed by atoms with Crippen LogP contribution in [0.4, 0.5) is 10.2 Å². The molecule has 0 spiro atoms. The van der Waals surface area contributed by atoms with Gasteiger partial charge in [-0.3, -0.25) is 13.9 Å². The van der Waals surface area contributed by atoms with Crippen LogP contribution >= 0.6 is 30.3 Å². The van der Waals surface area contributed by atoms with Crippen LogP contribution in [0.25, 0.3) is 0 Å². The number of alkyl halides is 2. The summed E-state index contributed by atoms with van der Waals surface area (Å²) in [5.74, 6) is -0.645. The van der Waals surface area contributed by atoms with Gasteiger partial charge in [-0.15, -0.1) is 0 Å². The van der Waals surface area contributed by atoms with Crippen molar-refractivity contribution in [3.8, 4) is 5.75 Å². The lowest BCUT2D eigenvalue weighted by atomic mass is 10.1. The number of hydrogen-bond acceptors (Lipinski definition) is 10. The van der Waals surface area contributed by atoms with E-state index in [9.17, 15) is 19.3 Å². The molecule has 0 amide bonds. The van der Waals surface area contributed by atoms with Gasteiger partial charge in [0.05, 0.1) is 6.61 Å². The van der Waals surface area contributed by atoms with Crippen LogP contribution in [0.15, 0.2) is 77.7 Å². The molecular formula is C25H27FIN4O8P. The molecule has 2 aromatic carbocycles. The summed E-state index contributed by atoms with van der Waals surface area (Å²) in [4.78, 5) is 28.4. The number of aliphatic hydroxyl groups excluding tert-OH is 1. The predicted octanol–water partition coefficient (Wildman–Crippen LogP) is 3.11. The number of rotatable bonds is 11. The van der Waals surface area contributed by atoms with Crippen LogP contribution in [0, 0.1) is 0 Å². The number of ether oxygens (including phenoxy) is 2. The molecule has 0 saturated carbocycles. The van der Waals surface area contributed by atoms with E-state index in [2.05, 4.69) is 10.1 Å². The molecule has 40 heavy (non-hydrogen) atoms. The van der Waals surface area contributed by atoms with Crippen LogP contribution in [0.5, 0.6) is 5.75 Å². The molecule has 1 fully saturated rings. The van der Waals surface area contributed by atoms with Crippen LogP contribution < -0.4 is 21.0 Å². The molecule has 214 valence electrons. The van der Waals surface area contributed by atoms with E-state index in [4.69, 9.17) is 24.3 Å². The number of benzene rings is 2. The standard InChI is InChI=1S/C25H27FIN4O8P/c1-16(22(33)36-14-17-8-4-2-5-9-17)30-40(35,39-18-10-6-3-7-11-18)37-15-19-21(32)25(26,27)23(38-19)31-13-12-20(28)29-24(31)34/h2-13,16,19,21,23,32H,14-15H2,1H3,(H,30,35)(H2,28,29,34)/t16-,19+,21?,23+,25+,40-/m0/s1. The number of halogens is 2. The average molecular weight is 688 g/mol. The Labute approximate surface area is 242 Å². The van der Waals surface area contributed by atoms with Crippen LogP contribution in [-0.4, -0.2) is 49.2 Å². The van der Waals surface area contributed by atoms with Gasteiger partial charge in [-0.05, 0) is 53.3 Å². The monoisotopic (exact) mass is 688 g/mol. The van der Waals surface area contributed by atoms with Crippen molar-refractivity contribution in [3.63, 3.8) is 0 Å². The Hall–Kier alpha value is -2.88. The minimum atomic E-state index is -4.34. The number of carbonyl (C=O) groups excluding carboxylic acids is 1. The Morgan fingerprint density at radius 2 is 1.90 bits per heavy atom. The van der Waals surface area contributed by atoms with Gasteiger partial charge in [-0.2, -0.15) is 10.1 Å². The zero-order valence-electron chi connectivity index (χ0n) is 21.1. The van der Waals surface area contributed by atoms with Gasteiger partial charge >= 0.3 is 19.4 Å². The van der Waals surface area contributed by atoms with E-state index in [1.54, 1.807) is 42.5 Å². The van der Waals surface area contributed by atoms with Crippen molar-refractivity contribution in [1.82, 2.24) is 14.6 Å². The molecule has 0 aliphatic carbocycles. The lowest BCUT2D eigenvalue weighted by Crippen LogP contribution is -2.41. The third-order valence-electron chi connectivity index (χ3n) is 5.79. The minimum absolute atomic E-state index is 0.00645. The Balaban J connectivity index is 1.47. The van der Waals surface area contributed by atoms with Gasteiger partial charge in [0.15, 0.2) is 6.23 Å². The molecule has 0 radical (unpaired) electrons. The smallest absolute Gasteiger partial charge is 0.459 e. The Morgan fingerprint density at radius 3 is 2.55 bits per heavy atom. The molecular weight excluding hydrogens is 661 g/mol. The van der Waals surface area contributed by atoms with Gasteiger partial charge in [0.25, 0.3) is 0 Å². The molecule has 1 unspecified atom stereocenters. The molecule has 4 rings (SSSR count). The van der Waals surface area contributed by atoms with Gasteiger partial charge in [0, 0.05) is 6.20 Å². The molecule has 1 saturated heterocycles. The van der Waals surface area contributed by atoms with Crippen molar-refractivity contribution in [2.75, 3.05) is 12.3 Å². The average Bonchev–Trinajstić information content (AvgIpc) is 3.15. The third-order valence-corrected chi connectivity index (χ3v) is 8.61. The van der Waals surface area contributed by atoms with E-state index in [0.29, 0.717) is 0 Å². The predicted molar refractivity (Wildman–Crippen MR) is 150 cm³/mol. The second kappa shape index (κ2) is 12.7. The summed E-state index contributed by atoms with van der Waals surface area (Å²) in [6, 6.07) is 17.1. The second-order valence-electron chi connectivity index (χ2n) is 8.83. The molecule has 1 aliphatic heterocycles. The maximum Gasteiger partial charge on any atom is 0.459 e. The maximum atomic E-state index is 15.6. The topological polar surface area (TPSA) is 164 Å². The minimum Gasteiger partial charge on any atom is -0.460 e. The fourth-order valence-corrected chi connectivity index (χ4v) is 6.09. The zero-order valence-corrected chi connectivity index (χ0v) is 24.2. The number of para-hydroxylation sites is 1. The molecule has 0 bridgehead atoms. The molecule has 1 aliphatic rings. The van der Waals surface area contributed by atoms with Crippen molar-refractivity contribution < 1.29 is 37.4 Å². The first-order valence-electron chi connectivity index (χ1n) is 12.0. The van der Waals surface area contributed by atoms with Crippen molar-refractivity contribution in [3.05, 3.63) is 89.0 Å². The molecule has 1 aromatic heterocycles. The largest absolute Gasteiger partial charge is 0.460 e. The lowest BCUT2D eigenvalue weighted by Gasteiger charge is -2.24. The van der Waals surface area contributed by atoms with Crippen molar-refractivity contribution in [2.45, 2.75) is 41.7 Å². The van der Waals surface area contributed by atoms with Crippen LogP contribution in [0.3, 0.4) is 0 Å². The number of aliphatic hydroxyl groups is 1. The molecule has 12 nitrogen and oxygen atoms in total. The lowest BCUT2D eigenvalue weighted by molar-refractivity contribution is -0.146. The van der Waals surface area contributed by atoms with E-state index in [0.717, 1.165) is 10.1 Å². The molecule has 2 heterocycles. The molecule has 15 heteroatoms. The summed E-state index contributed by atoms with van der Waals surface area (Å²) >= 11 is 1.33. The van der Waals surface area contributed by atoms with Gasteiger partial charge in [0.1, 0.15) is 36.4 Å². The van der Waals surface area contributed by atoms with Crippen molar-refractivity contribution >= 4 is 42.1 Å². The Morgan fingerprint density at radius 1 is 1.25 bits per heavy atom. The number of nitrogen functional groups attached to an aromatic ring is 1. The zero-order chi connectivity index (χ0) is 28.9. The molecule has 3 aromatic rings. The fraction of sp³-hybridized carbons (Fsp3) is 0.320. The highest BCUT2D eigenvalue weighted by atomic mass is 127. The normalized spacial score (nSPS) is 24.6. The fourth-order valence-electron chi connectivity index (χ4n) is 3.74. The first-order chi connectivity index (χ1) is 19.0. The first-order valence-corrected chi connectivity index (χ1v) is 14.6. The van der Waals surface area contributed by atoms with Crippen molar-refractivity contribution in [2.24, 2.45) is 0 Å². The number of nitrogens with two attached hydrogens (primary N) is 1. The number of nitrogens with one attached hydrogen (secondary N) is 1. The highest BCUT2D eigenvalue weighted by Crippen LogP contribution is 2.49. The van der Waals surface area contributed by atoms with Gasteiger partial charge < -0.3 is 24.8 Å². The third kappa shape index (κ3) is 7.25. The van der Waals surface area contributed by atoms with Crippen molar-refractivity contribution in [1.29, 1.82) is 0 Å². The number of aromatic nitrogens is 2. The highest BCUT2D eigenvalue weighted by Gasteiger charge is 2.57. The number of anilines is 1. The van der Waals surface area contributed by atoms with E-state index >= 15 is 4.39 Å². The summed E-state index contributed by atoms with van der Waals surface area (Å²) in [6.45, 7) is 0.770. The first kappa shape index (κ1) is 30.1. The molecule has 6 atom stereocenters. The Bertz CT molecular complexity index is 1410. The van der Waals surface area contributed by atoms with E-state index < -0.39 is 54.2 Å². The maximum absolute atomic E-state index is 15.6. The number of carbonyl (C=O) groups is 1. The summed E-state index contributed by atoms with van der Waals surface area (Å²) in [7, 11) is -4.34. The molecule has 4 N–H and O–H groups in total. The number of nitrogens with zero attached hydrogens (tertiary/aromatic N) is 2. The summed E-state index contributed by atoms with van der Waals surface area (Å²) in [6.07, 6.45) is -3.59. The van der Waals surface area contributed by atoms with Crippen LogP contribution in [0.2, 0.25) is 0 Å². The highest BCUT2D eigenvalue weighted by molar-refractivity contribution is 14.1. The summed E-state index contributed by atoms with van der Waals surface area (Å²) in [5.41, 5.74) is 5.37. The van der Waals surface area contributed by atoms with E-state index in [1.807, 2.05) is 6.07 Å². The van der Waals surface area contributed by atoms with E-state index in [-0.39, 0.29) is 18.2 Å². The summed E-state index contributed by atoms with van der Waals surface area (Å²) < 4.78 is 49.7. The van der Waals surface area contributed by atoms with Crippen LogP contribution in [-0.2, 0) is 30.0 Å². The number of hydrogen-bond donors (Lipinski definition) is 3. The Kier molecular flexibility index (Phi) is 9.59. The SMILES string of the molecule is C[C@H](N[P@](=O)(OC[C@H]1O[C@@H](n2ccc(N)nc2=O)[C@](F)(I)C1O)Oc1ccccc1)C(=O)OCc1ccccc1. The van der Waals surface area contributed by atoms with Gasteiger partial charge in [-0.1, -0.05) is 48.5 Å². The second-order valence-corrected chi connectivity index (χ2v) is 12.2. The van der Waals surface area contributed by atoms with Crippen LogP contribution in [0.1, 0.15) is 18.7 Å². The summed E-state index contributed by atoms with van der Waals surface area (Å²) in [5, 5.41) is 13.2. The van der Waals surface area contributed by atoms with E-state index in [1.165, 1.54) is 53.9 Å². The van der Waals surface area contributed by atoms with Gasteiger partial charge in [-0.25, -0.2) is 13.8 Å². The van der Waals surface area contributed by atoms with Gasteiger partial charge in [0.2, 0.25) is 3.68 Å². The quantitative estimate of drug-likeness (QED) is 0.117.